The lowest BCUT2D eigenvalue weighted by molar-refractivity contribution is -0.143. The number of carboxylic acids is 1. The SMILES string of the molecule is CCC(C)(NC(=O)NCCc1cnc[nH]1)C(=O)O. The molecule has 0 fully saturated rings. The molecule has 1 unspecified atom stereocenters. The third kappa shape index (κ3) is 3.76. The summed E-state index contributed by atoms with van der Waals surface area (Å²) < 4.78 is 0. The molecule has 4 N–H and O–H groups in total. The summed E-state index contributed by atoms with van der Waals surface area (Å²) in [6.07, 6.45) is 4.17. The first kappa shape index (κ1) is 14.0. The zero-order chi connectivity index (χ0) is 13.6. The third-order valence-electron chi connectivity index (χ3n) is 2.80. The Morgan fingerprint density at radius 3 is 2.78 bits per heavy atom. The molecule has 0 bridgehead atoms. The van der Waals surface area contributed by atoms with Crippen molar-refractivity contribution in [1.82, 2.24) is 20.6 Å². The van der Waals surface area contributed by atoms with Crippen molar-refractivity contribution >= 4 is 12.0 Å². The van der Waals surface area contributed by atoms with Crippen LogP contribution in [0.5, 0.6) is 0 Å². The Morgan fingerprint density at radius 1 is 1.56 bits per heavy atom. The lowest BCUT2D eigenvalue weighted by atomic mass is 10.00. The van der Waals surface area contributed by atoms with E-state index >= 15 is 0 Å². The number of nitrogens with one attached hydrogen (secondary N) is 3. The Bertz CT molecular complexity index is 404. The summed E-state index contributed by atoms with van der Waals surface area (Å²) >= 11 is 0. The van der Waals surface area contributed by atoms with Gasteiger partial charge in [0, 0.05) is 24.9 Å². The number of H-pyrrole nitrogens is 1. The van der Waals surface area contributed by atoms with E-state index in [-0.39, 0.29) is 0 Å². The van der Waals surface area contributed by atoms with Gasteiger partial charge in [0.2, 0.25) is 0 Å². The summed E-state index contributed by atoms with van der Waals surface area (Å²) in [5.41, 5.74) is -0.329. The van der Waals surface area contributed by atoms with Crippen LogP contribution in [-0.2, 0) is 11.2 Å². The van der Waals surface area contributed by atoms with Crippen LogP contribution in [0, 0.1) is 0 Å². The Labute approximate surface area is 105 Å². The average molecular weight is 254 g/mol. The van der Waals surface area contributed by atoms with Crippen molar-refractivity contribution in [2.24, 2.45) is 0 Å². The predicted molar refractivity (Wildman–Crippen MR) is 65.2 cm³/mol. The van der Waals surface area contributed by atoms with Crippen LogP contribution in [0.4, 0.5) is 4.79 Å². The van der Waals surface area contributed by atoms with E-state index in [1.165, 1.54) is 6.92 Å². The quantitative estimate of drug-likeness (QED) is 0.593. The Morgan fingerprint density at radius 2 is 2.28 bits per heavy atom. The number of carbonyl (C=O) groups excluding carboxylic acids is 1. The van der Waals surface area contributed by atoms with Crippen molar-refractivity contribution in [3.63, 3.8) is 0 Å². The molecule has 0 saturated carbocycles. The van der Waals surface area contributed by atoms with Crippen LogP contribution in [0.25, 0.3) is 0 Å². The first-order valence-corrected chi connectivity index (χ1v) is 5.74. The van der Waals surface area contributed by atoms with Crippen molar-refractivity contribution in [1.29, 1.82) is 0 Å². The highest BCUT2D eigenvalue weighted by molar-refractivity contribution is 5.85. The van der Waals surface area contributed by atoms with Gasteiger partial charge >= 0.3 is 12.0 Å². The average Bonchev–Trinajstić information content (AvgIpc) is 2.81. The summed E-state index contributed by atoms with van der Waals surface area (Å²) in [7, 11) is 0. The summed E-state index contributed by atoms with van der Waals surface area (Å²) in [5.74, 6) is -1.05. The van der Waals surface area contributed by atoms with Gasteiger partial charge in [-0.25, -0.2) is 14.6 Å². The molecule has 1 rings (SSSR count). The molecule has 0 aromatic carbocycles. The zero-order valence-corrected chi connectivity index (χ0v) is 10.5. The van der Waals surface area contributed by atoms with Crippen molar-refractivity contribution in [3.8, 4) is 0 Å². The smallest absolute Gasteiger partial charge is 0.329 e. The van der Waals surface area contributed by atoms with Gasteiger partial charge in [-0.15, -0.1) is 0 Å². The van der Waals surface area contributed by atoms with Gasteiger partial charge in [0.25, 0.3) is 0 Å². The number of carbonyl (C=O) groups is 2. The van der Waals surface area contributed by atoms with E-state index in [9.17, 15) is 9.59 Å². The molecule has 0 saturated heterocycles. The molecule has 0 spiro atoms. The monoisotopic (exact) mass is 254 g/mol. The molecule has 7 nitrogen and oxygen atoms in total. The largest absolute Gasteiger partial charge is 0.480 e. The number of amides is 2. The minimum absolute atomic E-state index is 0.316. The number of rotatable bonds is 6. The standard InChI is InChI=1S/C11H18N4O3/c1-3-11(2,9(16)17)15-10(18)13-5-4-8-6-12-7-14-8/h6-7H,3-5H2,1-2H3,(H,12,14)(H,16,17)(H2,13,15,18). The Balaban J connectivity index is 2.35. The third-order valence-corrected chi connectivity index (χ3v) is 2.80. The summed E-state index contributed by atoms with van der Waals surface area (Å²) in [6.45, 7) is 3.59. The second kappa shape index (κ2) is 6.04. The fraction of sp³-hybridized carbons (Fsp3) is 0.545. The molecule has 1 aromatic rings. The van der Waals surface area contributed by atoms with E-state index in [4.69, 9.17) is 5.11 Å². The minimum Gasteiger partial charge on any atom is -0.480 e. The number of hydrogen-bond donors (Lipinski definition) is 4. The molecule has 100 valence electrons. The summed E-state index contributed by atoms with van der Waals surface area (Å²) in [4.78, 5) is 29.3. The number of carboxylic acid groups (broad SMARTS) is 1. The van der Waals surface area contributed by atoms with E-state index in [0.717, 1.165) is 5.69 Å². The number of aromatic nitrogens is 2. The first-order valence-electron chi connectivity index (χ1n) is 5.74. The topological polar surface area (TPSA) is 107 Å². The van der Waals surface area contributed by atoms with Gasteiger partial charge in [-0.1, -0.05) is 6.92 Å². The molecule has 1 aromatic heterocycles. The number of nitrogens with zero attached hydrogens (tertiary/aromatic N) is 1. The predicted octanol–water partition coefficient (Wildman–Crippen LogP) is 0.505. The van der Waals surface area contributed by atoms with Gasteiger partial charge in [-0.3, -0.25) is 0 Å². The maximum Gasteiger partial charge on any atom is 0.329 e. The molecular formula is C11H18N4O3. The summed E-state index contributed by atoms with van der Waals surface area (Å²) in [6, 6.07) is -0.485. The van der Waals surface area contributed by atoms with Crippen LogP contribution in [-0.4, -0.2) is 39.2 Å². The maximum atomic E-state index is 11.5. The molecular weight excluding hydrogens is 236 g/mol. The first-order chi connectivity index (χ1) is 8.48. The van der Waals surface area contributed by atoms with E-state index in [1.54, 1.807) is 19.4 Å². The van der Waals surface area contributed by atoms with E-state index in [2.05, 4.69) is 20.6 Å². The minimum atomic E-state index is -1.24. The molecule has 2 amide bonds. The maximum absolute atomic E-state index is 11.5. The van der Waals surface area contributed by atoms with Gasteiger partial charge in [0.05, 0.1) is 6.33 Å². The molecule has 1 heterocycles. The van der Waals surface area contributed by atoms with Crippen molar-refractivity contribution < 1.29 is 14.7 Å². The fourth-order valence-electron chi connectivity index (χ4n) is 1.32. The normalized spacial score (nSPS) is 13.7. The number of imidazole rings is 1. The number of aliphatic carboxylic acids is 1. The number of urea groups is 1. The van der Waals surface area contributed by atoms with E-state index < -0.39 is 17.5 Å². The highest BCUT2D eigenvalue weighted by Crippen LogP contribution is 2.08. The number of hydrogen-bond acceptors (Lipinski definition) is 3. The van der Waals surface area contributed by atoms with Crippen molar-refractivity contribution in [3.05, 3.63) is 18.2 Å². The summed E-state index contributed by atoms with van der Waals surface area (Å²) in [5, 5.41) is 14.1. The van der Waals surface area contributed by atoms with E-state index in [1.807, 2.05) is 0 Å². The van der Waals surface area contributed by atoms with Gasteiger partial charge < -0.3 is 20.7 Å². The van der Waals surface area contributed by atoms with Crippen LogP contribution >= 0.6 is 0 Å². The molecule has 0 radical (unpaired) electrons. The molecule has 0 aliphatic heterocycles. The molecule has 7 heteroatoms. The molecule has 0 aliphatic carbocycles. The zero-order valence-electron chi connectivity index (χ0n) is 10.5. The highest BCUT2D eigenvalue weighted by atomic mass is 16.4. The Kier molecular flexibility index (Phi) is 4.70. The van der Waals surface area contributed by atoms with Gasteiger partial charge in [0.15, 0.2) is 0 Å². The molecule has 0 aliphatic rings. The van der Waals surface area contributed by atoms with E-state index in [0.29, 0.717) is 19.4 Å². The van der Waals surface area contributed by atoms with Gasteiger partial charge in [-0.2, -0.15) is 0 Å². The van der Waals surface area contributed by atoms with Crippen LogP contribution < -0.4 is 10.6 Å². The molecule has 1 atom stereocenters. The van der Waals surface area contributed by atoms with Gasteiger partial charge in [-0.05, 0) is 13.3 Å². The highest BCUT2D eigenvalue weighted by Gasteiger charge is 2.32. The lowest BCUT2D eigenvalue weighted by Gasteiger charge is -2.24. The van der Waals surface area contributed by atoms with Crippen LogP contribution in [0.1, 0.15) is 26.0 Å². The second-order valence-electron chi connectivity index (χ2n) is 4.20. The molecule has 18 heavy (non-hydrogen) atoms. The van der Waals surface area contributed by atoms with Gasteiger partial charge in [0.1, 0.15) is 5.54 Å². The lowest BCUT2D eigenvalue weighted by Crippen LogP contribution is -2.55. The number of aromatic amines is 1. The van der Waals surface area contributed by atoms with Crippen LogP contribution in [0.3, 0.4) is 0 Å². The second-order valence-corrected chi connectivity index (χ2v) is 4.20. The van der Waals surface area contributed by atoms with Crippen molar-refractivity contribution in [2.45, 2.75) is 32.2 Å². The van der Waals surface area contributed by atoms with Crippen LogP contribution in [0.15, 0.2) is 12.5 Å². The van der Waals surface area contributed by atoms with Crippen molar-refractivity contribution in [2.75, 3.05) is 6.54 Å². The Hall–Kier alpha value is -2.05. The fourth-order valence-corrected chi connectivity index (χ4v) is 1.32. The van der Waals surface area contributed by atoms with Crippen LogP contribution in [0.2, 0.25) is 0 Å².